The van der Waals surface area contributed by atoms with Gasteiger partial charge in [-0.15, -0.1) is 0 Å². The molecule has 0 aliphatic carbocycles. The number of rotatable bonds is 5. The Kier molecular flexibility index (Phi) is 5.59. The van der Waals surface area contributed by atoms with Gasteiger partial charge in [-0.25, -0.2) is 12.7 Å². The predicted octanol–water partition coefficient (Wildman–Crippen LogP) is 1.68. The van der Waals surface area contributed by atoms with Gasteiger partial charge >= 0.3 is 0 Å². The van der Waals surface area contributed by atoms with Gasteiger partial charge in [0.25, 0.3) is 0 Å². The van der Waals surface area contributed by atoms with Crippen LogP contribution in [-0.2, 0) is 21.4 Å². The zero-order valence-corrected chi connectivity index (χ0v) is 15.8. The van der Waals surface area contributed by atoms with Crippen LogP contribution in [-0.4, -0.2) is 48.1 Å². The normalized spacial score (nSPS) is 16.5. The summed E-state index contributed by atoms with van der Waals surface area (Å²) in [5.74, 6) is 0.337. The smallest absolute Gasteiger partial charge is 0.246 e. The minimum atomic E-state index is -3.20. The summed E-state index contributed by atoms with van der Waals surface area (Å²) in [6, 6.07) is 7.08. The van der Waals surface area contributed by atoms with E-state index in [2.05, 4.69) is 15.5 Å². The molecule has 1 N–H and O–H groups in total. The number of hydrogen-bond acceptors (Lipinski definition) is 6. The van der Waals surface area contributed by atoms with E-state index in [9.17, 15) is 13.2 Å². The Balaban J connectivity index is 1.53. The van der Waals surface area contributed by atoms with Crippen LogP contribution in [0.15, 0.2) is 28.8 Å². The molecule has 1 aromatic heterocycles. The van der Waals surface area contributed by atoms with Crippen molar-refractivity contribution >= 4 is 27.5 Å². The molecule has 0 unspecified atom stereocenters. The first-order chi connectivity index (χ1) is 12.3. The Morgan fingerprint density at radius 3 is 2.77 bits per heavy atom. The number of piperidine rings is 1. The number of sulfonamides is 1. The summed E-state index contributed by atoms with van der Waals surface area (Å²) in [7, 11) is -3.20. The molecule has 2 aromatic rings. The van der Waals surface area contributed by atoms with Gasteiger partial charge in [0.15, 0.2) is 0 Å². The van der Waals surface area contributed by atoms with Crippen LogP contribution < -0.4 is 5.32 Å². The fraction of sp³-hybridized carbons (Fsp3) is 0.438. The number of carbonyl (C=O) groups excluding carboxylic acids is 1. The van der Waals surface area contributed by atoms with Gasteiger partial charge in [-0.3, -0.25) is 4.79 Å². The molecule has 0 saturated carbocycles. The molecule has 1 aliphatic rings. The van der Waals surface area contributed by atoms with Gasteiger partial charge in [0.1, 0.15) is 0 Å². The summed E-state index contributed by atoms with van der Waals surface area (Å²) in [6.07, 6.45) is 2.17. The number of hydrogen-bond donors (Lipinski definition) is 1. The van der Waals surface area contributed by atoms with Crippen molar-refractivity contribution in [1.29, 1.82) is 0 Å². The summed E-state index contributed by atoms with van der Waals surface area (Å²) < 4.78 is 29.6. The van der Waals surface area contributed by atoms with Crippen LogP contribution in [0, 0.1) is 5.92 Å². The fourth-order valence-corrected chi connectivity index (χ4v) is 3.89. The highest BCUT2D eigenvalue weighted by Gasteiger charge is 2.28. The van der Waals surface area contributed by atoms with Crippen LogP contribution in [0.1, 0.15) is 18.7 Å². The van der Waals surface area contributed by atoms with E-state index in [4.69, 9.17) is 16.1 Å². The monoisotopic (exact) mass is 398 g/mol. The van der Waals surface area contributed by atoms with Crippen molar-refractivity contribution in [2.45, 2.75) is 19.4 Å². The van der Waals surface area contributed by atoms with Gasteiger partial charge < -0.3 is 9.84 Å². The van der Waals surface area contributed by atoms with E-state index in [0.29, 0.717) is 42.7 Å². The molecule has 1 saturated heterocycles. The summed E-state index contributed by atoms with van der Waals surface area (Å²) in [5, 5.41) is 7.23. The molecule has 0 atom stereocenters. The number of halogens is 1. The van der Waals surface area contributed by atoms with Crippen molar-refractivity contribution < 1.29 is 17.7 Å². The number of nitrogens with zero attached hydrogens (tertiary/aromatic N) is 3. The first kappa shape index (κ1) is 18.8. The largest absolute Gasteiger partial charge is 0.347 e. The lowest BCUT2D eigenvalue weighted by molar-refractivity contribution is -0.126. The van der Waals surface area contributed by atoms with Gasteiger partial charge in [-0.2, -0.15) is 4.98 Å². The first-order valence-corrected chi connectivity index (χ1v) is 10.4. The minimum absolute atomic E-state index is 0.124. The standard InChI is InChI=1S/C16H19ClN4O4S/c1-26(23,24)21-7-5-11(6-8-21)16(22)18-10-14-19-15(20-25-14)12-3-2-4-13(17)9-12/h2-4,9,11H,5-8,10H2,1H3,(H,18,22). The Morgan fingerprint density at radius 2 is 2.12 bits per heavy atom. The number of amides is 1. The second-order valence-electron chi connectivity index (χ2n) is 6.18. The molecule has 1 aliphatic heterocycles. The highest BCUT2D eigenvalue weighted by atomic mass is 35.5. The van der Waals surface area contributed by atoms with Crippen LogP contribution in [0.2, 0.25) is 5.02 Å². The minimum Gasteiger partial charge on any atom is -0.347 e. The highest BCUT2D eigenvalue weighted by Crippen LogP contribution is 2.21. The molecule has 1 amide bonds. The van der Waals surface area contributed by atoms with E-state index >= 15 is 0 Å². The fourth-order valence-electron chi connectivity index (χ4n) is 2.83. The molecule has 8 nitrogen and oxygen atoms in total. The van der Waals surface area contributed by atoms with E-state index in [-0.39, 0.29) is 18.4 Å². The molecule has 26 heavy (non-hydrogen) atoms. The molecule has 1 fully saturated rings. The van der Waals surface area contributed by atoms with E-state index in [1.807, 2.05) is 6.07 Å². The lowest BCUT2D eigenvalue weighted by Crippen LogP contribution is -2.42. The number of aromatic nitrogens is 2. The maximum absolute atomic E-state index is 12.3. The lowest BCUT2D eigenvalue weighted by atomic mass is 9.97. The molecule has 0 bridgehead atoms. The predicted molar refractivity (Wildman–Crippen MR) is 95.7 cm³/mol. The Hall–Kier alpha value is -1.97. The third-order valence-electron chi connectivity index (χ3n) is 4.26. The van der Waals surface area contributed by atoms with Gasteiger partial charge in [0, 0.05) is 29.6 Å². The van der Waals surface area contributed by atoms with Crippen molar-refractivity contribution in [3.63, 3.8) is 0 Å². The topological polar surface area (TPSA) is 105 Å². The molecule has 10 heteroatoms. The Labute approximate surface area is 156 Å². The van der Waals surface area contributed by atoms with E-state index < -0.39 is 10.0 Å². The van der Waals surface area contributed by atoms with Crippen LogP contribution in [0.25, 0.3) is 11.4 Å². The van der Waals surface area contributed by atoms with Crippen molar-refractivity contribution in [2.24, 2.45) is 5.92 Å². The zero-order chi connectivity index (χ0) is 18.7. The van der Waals surface area contributed by atoms with Crippen LogP contribution in [0.4, 0.5) is 0 Å². The average molecular weight is 399 g/mol. The molecule has 0 radical (unpaired) electrons. The quantitative estimate of drug-likeness (QED) is 0.821. The first-order valence-electron chi connectivity index (χ1n) is 8.14. The third kappa shape index (κ3) is 4.60. The number of nitrogens with one attached hydrogen (secondary N) is 1. The zero-order valence-electron chi connectivity index (χ0n) is 14.2. The van der Waals surface area contributed by atoms with Crippen molar-refractivity contribution in [3.05, 3.63) is 35.2 Å². The Morgan fingerprint density at radius 1 is 1.38 bits per heavy atom. The lowest BCUT2D eigenvalue weighted by Gasteiger charge is -2.29. The van der Waals surface area contributed by atoms with E-state index in [0.717, 1.165) is 5.56 Å². The molecule has 1 aromatic carbocycles. The molecule has 0 spiro atoms. The van der Waals surface area contributed by atoms with E-state index in [1.54, 1.807) is 18.2 Å². The summed E-state index contributed by atoms with van der Waals surface area (Å²) in [6.45, 7) is 0.839. The number of carbonyl (C=O) groups is 1. The highest BCUT2D eigenvalue weighted by molar-refractivity contribution is 7.88. The van der Waals surface area contributed by atoms with Crippen molar-refractivity contribution in [3.8, 4) is 11.4 Å². The molecule has 2 heterocycles. The van der Waals surface area contributed by atoms with Crippen molar-refractivity contribution in [1.82, 2.24) is 19.8 Å². The average Bonchev–Trinajstić information content (AvgIpc) is 3.08. The van der Waals surface area contributed by atoms with Crippen molar-refractivity contribution in [2.75, 3.05) is 19.3 Å². The van der Waals surface area contributed by atoms with Gasteiger partial charge in [-0.1, -0.05) is 28.9 Å². The molecular weight excluding hydrogens is 380 g/mol. The van der Waals surface area contributed by atoms with E-state index in [1.165, 1.54) is 10.6 Å². The summed E-state index contributed by atoms with van der Waals surface area (Å²) in [5.41, 5.74) is 0.729. The second kappa shape index (κ2) is 7.73. The van der Waals surface area contributed by atoms with Gasteiger partial charge in [0.2, 0.25) is 27.6 Å². The van der Waals surface area contributed by atoms with Gasteiger partial charge in [-0.05, 0) is 25.0 Å². The third-order valence-corrected chi connectivity index (χ3v) is 5.80. The van der Waals surface area contributed by atoms with Crippen LogP contribution >= 0.6 is 11.6 Å². The number of benzene rings is 1. The van der Waals surface area contributed by atoms with Crippen LogP contribution in [0.5, 0.6) is 0 Å². The van der Waals surface area contributed by atoms with Gasteiger partial charge in [0.05, 0.1) is 12.8 Å². The molecular formula is C16H19ClN4O4S. The summed E-state index contributed by atoms with van der Waals surface area (Å²) in [4.78, 5) is 16.5. The maximum atomic E-state index is 12.3. The second-order valence-corrected chi connectivity index (χ2v) is 8.60. The molecule has 3 rings (SSSR count). The SMILES string of the molecule is CS(=O)(=O)N1CCC(C(=O)NCc2nc(-c3cccc(Cl)c3)no2)CC1. The Bertz CT molecular complexity index is 891. The maximum Gasteiger partial charge on any atom is 0.246 e. The van der Waals surface area contributed by atoms with Crippen LogP contribution in [0.3, 0.4) is 0 Å². The summed E-state index contributed by atoms with van der Waals surface area (Å²) >= 11 is 5.94. The molecule has 140 valence electrons.